The van der Waals surface area contributed by atoms with E-state index in [0.717, 1.165) is 25.0 Å². The first-order valence-corrected chi connectivity index (χ1v) is 14.6. The molecule has 2 fully saturated rings. The third kappa shape index (κ3) is 8.31. The Morgan fingerprint density at radius 2 is 2.18 bits per heavy atom. The minimum absolute atomic E-state index is 0.0306. The van der Waals surface area contributed by atoms with Gasteiger partial charge in [-0.25, -0.2) is 4.79 Å². The van der Waals surface area contributed by atoms with Gasteiger partial charge in [-0.1, -0.05) is 0 Å². The van der Waals surface area contributed by atoms with Crippen molar-refractivity contribution in [2.24, 2.45) is 0 Å². The van der Waals surface area contributed by atoms with Crippen LogP contribution in [0.15, 0.2) is 0 Å². The van der Waals surface area contributed by atoms with Crippen molar-refractivity contribution in [2.75, 3.05) is 25.5 Å². The fraction of sp³-hybridized carbons (Fsp3) is 0.867. The van der Waals surface area contributed by atoms with Crippen molar-refractivity contribution in [2.45, 2.75) is 55.5 Å². The molecule has 4 N–H and O–H groups in total. The molecule has 3 amide bonds. The molecule has 13 heteroatoms. The second kappa shape index (κ2) is 12.4. The Morgan fingerprint density at radius 1 is 1.43 bits per heavy atom. The molecule has 0 aliphatic carbocycles. The molecule has 0 aromatic rings. The van der Waals surface area contributed by atoms with Crippen LogP contribution in [0.3, 0.4) is 0 Å². The Labute approximate surface area is 192 Å². The average molecular weight is 644 g/mol. The van der Waals surface area contributed by atoms with Crippen LogP contribution in [-0.4, -0.2) is 87.1 Å². The van der Waals surface area contributed by atoms with Crippen molar-refractivity contribution in [1.29, 1.82) is 0 Å². The van der Waals surface area contributed by atoms with Crippen LogP contribution in [0.1, 0.15) is 32.1 Å². The molecule has 0 saturated carbocycles. The number of urea groups is 1. The van der Waals surface area contributed by atoms with Crippen LogP contribution in [0.5, 0.6) is 0 Å². The molecule has 5 atom stereocenters. The summed E-state index contributed by atoms with van der Waals surface area (Å²) in [7, 11) is -2.84. The number of thioether (sulfide) groups is 1. The minimum atomic E-state index is -2.84. The van der Waals surface area contributed by atoms with Crippen LogP contribution in [-0.2, 0) is 16.0 Å². The zero-order valence-electron chi connectivity index (χ0n) is 15.9. The molecule has 0 bridgehead atoms. The monoisotopic (exact) mass is 644 g/mol. The summed E-state index contributed by atoms with van der Waals surface area (Å²) in [6.45, 7) is 2.54. The van der Waals surface area contributed by atoms with Crippen LogP contribution in [0, 0.1) is 0 Å². The fourth-order valence-corrected chi connectivity index (χ4v) is 6.67. The van der Waals surface area contributed by atoms with E-state index in [2.05, 4.69) is 37.9 Å². The molecule has 2 heterocycles. The number of amides is 3. The molecule has 9 nitrogen and oxygen atoms in total. The Hall–Kier alpha value is 0.472. The normalized spacial score (nSPS) is 26.8. The number of fused-ring (bicyclic) bond motifs is 1. The zero-order chi connectivity index (χ0) is 20.6. The van der Waals surface area contributed by atoms with Crippen molar-refractivity contribution in [3.05, 3.63) is 0 Å². The third-order valence-corrected chi connectivity index (χ3v) is 9.88. The molecule has 2 aliphatic rings. The predicted octanol–water partition coefficient (Wildman–Crippen LogP) is 0.961. The summed E-state index contributed by atoms with van der Waals surface area (Å²) in [6.07, 6.45) is 3.67. The Balaban J connectivity index is 1.54. The summed E-state index contributed by atoms with van der Waals surface area (Å²) in [5.74, 6) is 0.979. The van der Waals surface area contributed by atoms with Crippen LogP contribution >= 0.6 is 32.2 Å². The van der Waals surface area contributed by atoms with Crippen molar-refractivity contribution in [3.63, 3.8) is 0 Å². The van der Waals surface area contributed by atoms with E-state index >= 15 is 0 Å². The molecule has 0 spiro atoms. The summed E-state index contributed by atoms with van der Waals surface area (Å²) in [5, 5.41) is 12.0. The maximum absolute atomic E-state index is 12.0. The van der Waals surface area contributed by atoms with Gasteiger partial charge in [0.25, 0.3) is 0 Å². The van der Waals surface area contributed by atoms with Gasteiger partial charge in [0, 0.05) is 0 Å². The summed E-state index contributed by atoms with van der Waals surface area (Å²) in [5.41, 5.74) is 0. The van der Waals surface area contributed by atoms with Crippen molar-refractivity contribution >= 4 is 70.3 Å². The van der Waals surface area contributed by atoms with Gasteiger partial charge in [0.15, 0.2) is 0 Å². The molecule has 2 rings (SSSR count). The van der Waals surface area contributed by atoms with Crippen LogP contribution in [0.25, 0.3) is 0 Å². The van der Waals surface area contributed by atoms with E-state index in [1.165, 1.54) is 6.66 Å². The predicted molar refractivity (Wildman–Crippen MR) is 114 cm³/mol. The first-order chi connectivity index (χ1) is 13.3. The number of carbonyl (C=O) groups is 2. The summed E-state index contributed by atoms with van der Waals surface area (Å²) >= 11 is 5.85. The van der Waals surface area contributed by atoms with Gasteiger partial charge in [-0.15, -0.1) is 0 Å². The van der Waals surface area contributed by atoms with Gasteiger partial charge >= 0.3 is 183 Å². The number of hydrogen-bond acceptors (Lipinski definition) is 7. The van der Waals surface area contributed by atoms with Gasteiger partial charge in [0.1, 0.15) is 0 Å². The first kappa shape index (κ1) is 24.7. The Kier molecular flexibility index (Phi) is 10.9. The van der Waals surface area contributed by atoms with E-state index in [9.17, 15) is 14.2 Å². The maximum atomic E-state index is 12.0. The van der Waals surface area contributed by atoms with Crippen molar-refractivity contribution in [1.82, 2.24) is 21.0 Å². The molecular formula is C15H28N4O5PS2Tl. The Morgan fingerprint density at radius 3 is 2.89 bits per heavy atom. The second-order valence-electron chi connectivity index (χ2n) is 7.04. The van der Waals surface area contributed by atoms with Gasteiger partial charge in [-0.3, -0.25) is 0 Å². The molecule has 2 aliphatic heterocycles. The third-order valence-electron chi connectivity index (χ3n) is 4.83. The molecule has 2 saturated heterocycles. The van der Waals surface area contributed by atoms with E-state index < -0.39 is 7.52 Å². The first-order valence-electron chi connectivity index (χ1n) is 9.31. The van der Waals surface area contributed by atoms with Gasteiger partial charge in [0.2, 0.25) is 0 Å². The summed E-state index contributed by atoms with van der Waals surface area (Å²) in [4.78, 5) is 23.4. The van der Waals surface area contributed by atoms with Gasteiger partial charge in [0.05, 0.1) is 0 Å². The van der Waals surface area contributed by atoms with E-state index in [4.69, 9.17) is 2.69 Å². The second-order valence-corrected chi connectivity index (χ2v) is 12.0. The Bertz CT molecular complexity index is 591. The number of rotatable bonds is 13. The molecule has 5 unspecified atom stereocenters. The molecule has 28 heavy (non-hydrogen) atoms. The fourth-order valence-electron chi connectivity index (χ4n) is 3.31. The topological polar surface area (TPSA) is 118 Å². The van der Waals surface area contributed by atoms with Crippen molar-refractivity contribution in [3.8, 4) is 0 Å². The molecule has 0 aromatic carbocycles. The average Bonchev–Trinajstić information content (AvgIpc) is 3.20. The number of nitrogens with one attached hydrogen (secondary N) is 4. The molecule has 0 aromatic heterocycles. The number of hydrogen-bond donors (Lipinski definition) is 5. The quantitative estimate of drug-likeness (QED) is 0.0668. The van der Waals surface area contributed by atoms with Gasteiger partial charge in [-0.05, 0) is 0 Å². The van der Waals surface area contributed by atoms with Crippen LogP contribution in [0.4, 0.5) is 4.79 Å². The molecule has 0 radical (unpaired) electrons. The van der Waals surface area contributed by atoms with E-state index in [1.54, 1.807) is 0 Å². The SMILES string of the molecule is CP(=O)(NCCC(CCNC(=O)CCCC1SCC2NC(=O)NC21)[O][Tl])OS. The van der Waals surface area contributed by atoms with Gasteiger partial charge < -0.3 is 5.32 Å². The standard InChI is InChI=1S/C15H28N4O5PS2.Tl/c1-25(23,24-26)17-8-6-10(20)5-7-16-13(21)4-2-3-12-14-11(9-27-12)18-15(22)19-14;/h10-12,14,26H,2-9H2,1H3,(H,16,21)(H,17,23)(H2,18,19,22);/q-1;+1. The van der Waals surface area contributed by atoms with E-state index in [0.29, 0.717) is 57.4 Å². The van der Waals surface area contributed by atoms with Crippen LogP contribution < -0.4 is 21.0 Å². The van der Waals surface area contributed by atoms with Crippen LogP contribution in [0.2, 0.25) is 0 Å². The number of carbonyl (C=O) groups excluding carboxylic acids is 2. The molecule has 158 valence electrons. The summed E-state index contributed by atoms with van der Waals surface area (Å²) in [6, 6.07) is 0.333. The van der Waals surface area contributed by atoms with Gasteiger partial charge in [-0.2, -0.15) is 0 Å². The summed E-state index contributed by atoms with van der Waals surface area (Å²) < 4.78 is 21.9. The molecular weight excluding hydrogens is 616 g/mol. The zero-order valence-corrected chi connectivity index (χ0v) is 23.0. The van der Waals surface area contributed by atoms with E-state index in [-0.39, 0.29) is 30.1 Å². The number of thiol groups is 1. The van der Waals surface area contributed by atoms with E-state index in [1.807, 2.05) is 11.8 Å². The van der Waals surface area contributed by atoms with Crippen molar-refractivity contribution < 1.29 is 20.8 Å².